The summed E-state index contributed by atoms with van der Waals surface area (Å²) in [5, 5.41) is 14.5. The van der Waals surface area contributed by atoms with Crippen molar-refractivity contribution in [2.24, 2.45) is 0 Å². The van der Waals surface area contributed by atoms with Gasteiger partial charge in [-0.25, -0.2) is 17.8 Å². The molecule has 0 radical (unpaired) electrons. The van der Waals surface area contributed by atoms with E-state index in [4.69, 9.17) is 9.97 Å². The van der Waals surface area contributed by atoms with Crippen LogP contribution >= 0.6 is 0 Å². The molecule has 44 heavy (non-hydrogen) atoms. The Kier molecular flexibility index (Phi) is 7.93. The summed E-state index contributed by atoms with van der Waals surface area (Å²) in [5.74, 6) is 0.462. The first-order chi connectivity index (χ1) is 21.2. The maximum absolute atomic E-state index is 13.4. The molecular formula is C30H29FN8O4S. The van der Waals surface area contributed by atoms with Gasteiger partial charge in [0.05, 0.1) is 22.7 Å². The minimum atomic E-state index is -3.78. The van der Waals surface area contributed by atoms with Crippen molar-refractivity contribution in [1.29, 1.82) is 0 Å². The molecular weight excluding hydrogens is 587 g/mol. The number of nitrogens with one attached hydrogen (secondary N) is 1. The second kappa shape index (κ2) is 12.0. The number of nitro groups is 1. The number of sulfonamides is 1. The van der Waals surface area contributed by atoms with E-state index in [2.05, 4.69) is 10.3 Å². The van der Waals surface area contributed by atoms with Crippen molar-refractivity contribution in [1.82, 2.24) is 23.8 Å². The number of imidazole rings is 1. The smallest absolute Gasteiger partial charge is 0.269 e. The number of fused-ring (bicyclic) bond motifs is 1. The Bertz CT molecular complexity index is 1910. The second-order valence-electron chi connectivity index (χ2n) is 10.5. The number of non-ortho nitro benzene ring substituents is 1. The highest BCUT2D eigenvalue weighted by atomic mass is 32.2. The standard InChI is InChI=1S/C30H29FN8O4S/c1-21-2-4-22(5-3-21)18-32-28-27-29(37(20-33-27)19-23-6-10-25(11-7-23)39(40)41)35-30(34-28)36-14-16-38(17-15-36)44(42,43)26-12-8-24(31)9-13-26/h2-13,20H,14-19H2,1H3,(H,32,34,35). The number of nitrogens with zero attached hydrogens (tertiary/aromatic N) is 7. The minimum absolute atomic E-state index is 0.0111. The van der Waals surface area contributed by atoms with Crippen molar-refractivity contribution in [2.45, 2.75) is 24.9 Å². The average molecular weight is 617 g/mol. The highest BCUT2D eigenvalue weighted by Gasteiger charge is 2.30. The third-order valence-corrected chi connectivity index (χ3v) is 9.42. The van der Waals surface area contributed by atoms with Crippen LogP contribution in [0.4, 0.5) is 21.8 Å². The van der Waals surface area contributed by atoms with Gasteiger partial charge in [0, 0.05) is 44.9 Å². The van der Waals surface area contributed by atoms with Crippen LogP contribution in [0.3, 0.4) is 0 Å². The van der Waals surface area contributed by atoms with Gasteiger partial charge in [0.2, 0.25) is 16.0 Å². The molecule has 1 aliphatic heterocycles. The number of halogens is 1. The van der Waals surface area contributed by atoms with Crippen molar-refractivity contribution in [3.05, 3.63) is 112 Å². The van der Waals surface area contributed by atoms with E-state index in [0.29, 0.717) is 49.1 Å². The van der Waals surface area contributed by atoms with E-state index in [1.165, 1.54) is 28.6 Å². The number of piperazine rings is 1. The summed E-state index contributed by atoms with van der Waals surface area (Å²) in [6.07, 6.45) is 1.66. The summed E-state index contributed by atoms with van der Waals surface area (Å²) >= 11 is 0. The van der Waals surface area contributed by atoms with Gasteiger partial charge in [0.1, 0.15) is 5.82 Å². The van der Waals surface area contributed by atoms with E-state index < -0.39 is 20.8 Å². The van der Waals surface area contributed by atoms with Gasteiger partial charge in [-0.15, -0.1) is 0 Å². The van der Waals surface area contributed by atoms with Gasteiger partial charge in [-0.2, -0.15) is 14.3 Å². The molecule has 12 nitrogen and oxygen atoms in total. The van der Waals surface area contributed by atoms with Gasteiger partial charge in [-0.05, 0) is 42.3 Å². The van der Waals surface area contributed by atoms with Crippen LogP contribution < -0.4 is 10.2 Å². The number of aromatic nitrogens is 4. The van der Waals surface area contributed by atoms with Gasteiger partial charge in [-0.1, -0.05) is 42.0 Å². The summed E-state index contributed by atoms with van der Waals surface area (Å²) < 4.78 is 42.9. The fourth-order valence-corrected chi connectivity index (χ4v) is 6.43. The van der Waals surface area contributed by atoms with Crippen molar-refractivity contribution in [2.75, 3.05) is 36.4 Å². The van der Waals surface area contributed by atoms with E-state index in [1.807, 2.05) is 40.7 Å². The number of nitro benzene ring substituents is 1. The molecule has 1 aliphatic rings. The number of anilines is 2. The Hall–Kier alpha value is -4.95. The lowest BCUT2D eigenvalue weighted by Gasteiger charge is -2.34. The van der Waals surface area contributed by atoms with Gasteiger partial charge in [-0.3, -0.25) is 10.1 Å². The summed E-state index contributed by atoms with van der Waals surface area (Å²) in [5.41, 5.74) is 4.21. The van der Waals surface area contributed by atoms with Crippen LogP contribution in [0.1, 0.15) is 16.7 Å². The lowest BCUT2D eigenvalue weighted by atomic mass is 10.1. The number of benzene rings is 3. The topological polar surface area (TPSA) is 139 Å². The number of aryl methyl sites for hydroxylation is 1. The molecule has 226 valence electrons. The fraction of sp³-hybridized carbons (Fsp3) is 0.233. The first-order valence-electron chi connectivity index (χ1n) is 13.9. The molecule has 14 heteroatoms. The molecule has 2 aromatic heterocycles. The molecule has 0 saturated carbocycles. The Morgan fingerprint density at radius 2 is 1.57 bits per heavy atom. The van der Waals surface area contributed by atoms with E-state index in [0.717, 1.165) is 28.8 Å². The Balaban J connectivity index is 1.28. The Labute approximate surface area is 253 Å². The van der Waals surface area contributed by atoms with Crippen molar-refractivity contribution in [3.63, 3.8) is 0 Å². The lowest BCUT2D eigenvalue weighted by Crippen LogP contribution is -2.49. The molecule has 0 atom stereocenters. The number of hydrogen-bond acceptors (Lipinski definition) is 9. The maximum atomic E-state index is 13.4. The summed E-state index contributed by atoms with van der Waals surface area (Å²) in [4.78, 5) is 26.9. The molecule has 0 aliphatic carbocycles. The Morgan fingerprint density at radius 3 is 2.23 bits per heavy atom. The molecule has 0 amide bonds. The monoisotopic (exact) mass is 616 g/mol. The average Bonchev–Trinajstić information content (AvgIpc) is 3.43. The molecule has 5 aromatic rings. The van der Waals surface area contributed by atoms with Crippen molar-refractivity contribution < 1.29 is 17.7 Å². The normalized spacial score (nSPS) is 14.2. The van der Waals surface area contributed by atoms with E-state index in [1.54, 1.807) is 18.5 Å². The second-order valence-corrected chi connectivity index (χ2v) is 12.5. The first-order valence-corrected chi connectivity index (χ1v) is 15.4. The predicted molar refractivity (Wildman–Crippen MR) is 163 cm³/mol. The highest BCUT2D eigenvalue weighted by molar-refractivity contribution is 7.89. The quantitative estimate of drug-likeness (QED) is 0.189. The summed E-state index contributed by atoms with van der Waals surface area (Å²) in [6.45, 7) is 4.01. The molecule has 3 aromatic carbocycles. The SMILES string of the molecule is Cc1ccc(CNc2nc(N3CCN(S(=O)(=O)c4ccc(F)cc4)CC3)nc3c2ncn3Cc2ccc([N+](=O)[O-])cc2)cc1. The number of hydrogen-bond donors (Lipinski definition) is 1. The van der Waals surface area contributed by atoms with Crippen LogP contribution in [-0.4, -0.2) is 63.3 Å². The molecule has 1 fully saturated rings. The molecule has 6 rings (SSSR count). The van der Waals surface area contributed by atoms with Gasteiger partial charge < -0.3 is 14.8 Å². The first kappa shape index (κ1) is 29.1. The maximum Gasteiger partial charge on any atom is 0.269 e. The molecule has 3 heterocycles. The predicted octanol–water partition coefficient (Wildman–Crippen LogP) is 4.35. The molecule has 0 spiro atoms. The third kappa shape index (κ3) is 6.07. The summed E-state index contributed by atoms with van der Waals surface area (Å²) in [6, 6.07) is 19.3. The number of rotatable bonds is 9. The van der Waals surface area contributed by atoms with Crippen LogP contribution in [0.2, 0.25) is 0 Å². The summed E-state index contributed by atoms with van der Waals surface area (Å²) in [7, 11) is -3.78. The lowest BCUT2D eigenvalue weighted by molar-refractivity contribution is -0.384. The van der Waals surface area contributed by atoms with Crippen LogP contribution in [0.15, 0.2) is 84.0 Å². The van der Waals surface area contributed by atoms with E-state index >= 15 is 0 Å². The van der Waals surface area contributed by atoms with Crippen LogP contribution in [0.25, 0.3) is 11.2 Å². The zero-order valence-electron chi connectivity index (χ0n) is 23.8. The Morgan fingerprint density at radius 1 is 0.909 bits per heavy atom. The largest absolute Gasteiger partial charge is 0.364 e. The highest BCUT2D eigenvalue weighted by Crippen LogP contribution is 2.26. The fourth-order valence-electron chi connectivity index (χ4n) is 5.01. The van der Waals surface area contributed by atoms with E-state index in [9.17, 15) is 22.9 Å². The molecule has 1 N–H and O–H groups in total. The molecule has 0 unspecified atom stereocenters. The van der Waals surface area contributed by atoms with Gasteiger partial charge >= 0.3 is 0 Å². The van der Waals surface area contributed by atoms with Gasteiger partial charge in [0.15, 0.2) is 17.0 Å². The minimum Gasteiger partial charge on any atom is -0.364 e. The zero-order valence-corrected chi connectivity index (χ0v) is 24.6. The van der Waals surface area contributed by atoms with Crippen molar-refractivity contribution >= 4 is 38.6 Å². The van der Waals surface area contributed by atoms with Crippen LogP contribution in [0.5, 0.6) is 0 Å². The molecule has 0 bridgehead atoms. The molecule has 1 saturated heterocycles. The van der Waals surface area contributed by atoms with E-state index in [-0.39, 0.29) is 23.7 Å². The third-order valence-electron chi connectivity index (χ3n) is 7.51. The van der Waals surface area contributed by atoms with Gasteiger partial charge in [0.25, 0.3) is 5.69 Å². The van der Waals surface area contributed by atoms with Crippen molar-refractivity contribution in [3.8, 4) is 0 Å². The van der Waals surface area contributed by atoms with Crippen LogP contribution in [0, 0.1) is 22.9 Å². The zero-order chi connectivity index (χ0) is 30.8. The van der Waals surface area contributed by atoms with Crippen LogP contribution in [-0.2, 0) is 23.1 Å².